The molecule has 1 aliphatic rings. The van der Waals surface area contributed by atoms with Gasteiger partial charge >= 0.3 is 0 Å². The van der Waals surface area contributed by atoms with Crippen molar-refractivity contribution >= 4 is 50.9 Å². The molecule has 24 heavy (non-hydrogen) atoms. The summed E-state index contributed by atoms with van der Waals surface area (Å²) in [5.74, 6) is 0. The van der Waals surface area contributed by atoms with Crippen LogP contribution in [0.3, 0.4) is 0 Å². The van der Waals surface area contributed by atoms with Gasteiger partial charge in [0.25, 0.3) is 4.27 Å². The zero-order valence-electron chi connectivity index (χ0n) is 12.9. The lowest BCUT2D eigenvalue weighted by molar-refractivity contribution is 0.106. The van der Waals surface area contributed by atoms with Gasteiger partial charge in [-0.25, -0.2) is 0 Å². The van der Waals surface area contributed by atoms with Gasteiger partial charge in [0.2, 0.25) is 0 Å². The van der Waals surface area contributed by atoms with E-state index in [0.717, 1.165) is 16.2 Å². The molecule has 1 atom stereocenters. The van der Waals surface area contributed by atoms with Crippen molar-refractivity contribution in [1.82, 2.24) is 0 Å². The third-order valence-corrected chi connectivity index (χ3v) is 6.86. The van der Waals surface area contributed by atoms with Crippen molar-refractivity contribution in [3.8, 4) is 0 Å². The number of hydrogen-bond acceptors (Lipinski definition) is 4. The van der Waals surface area contributed by atoms with Crippen LogP contribution in [0.5, 0.6) is 0 Å². The van der Waals surface area contributed by atoms with Crippen molar-refractivity contribution in [2.24, 2.45) is 5.16 Å². The summed E-state index contributed by atoms with van der Waals surface area (Å²) in [7, 11) is 0. The lowest BCUT2D eigenvalue weighted by Gasteiger charge is -2.25. The molecular formula is C19H14ClNOS2. The van der Waals surface area contributed by atoms with Crippen molar-refractivity contribution in [3.63, 3.8) is 0 Å². The first-order chi connectivity index (χ1) is 11.7. The van der Waals surface area contributed by atoms with Crippen molar-refractivity contribution < 1.29 is 4.84 Å². The van der Waals surface area contributed by atoms with Gasteiger partial charge in [0, 0.05) is 16.1 Å². The van der Waals surface area contributed by atoms with E-state index in [9.17, 15) is 0 Å². The zero-order valence-corrected chi connectivity index (χ0v) is 15.3. The first-order valence-electron chi connectivity index (χ1n) is 7.46. The normalized spacial score (nSPS) is 20.0. The molecule has 0 aliphatic carbocycles. The summed E-state index contributed by atoms with van der Waals surface area (Å²) in [4.78, 5) is 5.96. The average molecular weight is 372 g/mol. The molecule has 3 aromatic rings. The van der Waals surface area contributed by atoms with Gasteiger partial charge in [0.1, 0.15) is 5.04 Å². The van der Waals surface area contributed by atoms with Crippen LogP contribution in [-0.4, -0.2) is 11.3 Å². The number of nitrogens with zero attached hydrogens (tertiary/aromatic N) is 1. The fourth-order valence-corrected chi connectivity index (χ4v) is 4.91. The van der Waals surface area contributed by atoms with E-state index in [2.05, 4.69) is 53.9 Å². The monoisotopic (exact) mass is 371 g/mol. The fourth-order valence-electron chi connectivity index (χ4n) is 2.76. The van der Waals surface area contributed by atoms with Gasteiger partial charge in [0.15, 0.2) is 0 Å². The van der Waals surface area contributed by atoms with Crippen LogP contribution in [0.2, 0.25) is 5.02 Å². The molecule has 5 heteroatoms. The van der Waals surface area contributed by atoms with Crippen molar-refractivity contribution in [2.75, 3.05) is 6.26 Å². The Morgan fingerprint density at radius 2 is 1.75 bits per heavy atom. The molecule has 0 aromatic heterocycles. The highest BCUT2D eigenvalue weighted by Crippen LogP contribution is 2.53. The molecule has 0 saturated carbocycles. The number of rotatable bonds is 3. The van der Waals surface area contributed by atoms with Crippen LogP contribution in [0.1, 0.15) is 11.1 Å². The van der Waals surface area contributed by atoms with E-state index < -0.39 is 4.27 Å². The van der Waals surface area contributed by atoms with Gasteiger partial charge in [-0.05, 0) is 40.9 Å². The Balaban J connectivity index is 1.75. The third kappa shape index (κ3) is 2.69. The minimum atomic E-state index is -0.574. The molecule has 1 aliphatic heterocycles. The van der Waals surface area contributed by atoms with E-state index in [-0.39, 0.29) is 0 Å². The van der Waals surface area contributed by atoms with Gasteiger partial charge in [-0.15, -0.1) is 0 Å². The maximum atomic E-state index is 5.98. The first kappa shape index (κ1) is 15.9. The summed E-state index contributed by atoms with van der Waals surface area (Å²) < 4.78 is -0.574. The maximum absolute atomic E-state index is 5.98. The van der Waals surface area contributed by atoms with Crippen LogP contribution >= 0.6 is 35.1 Å². The van der Waals surface area contributed by atoms with Crippen molar-refractivity contribution in [1.29, 1.82) is 0 Å². The molecule has 0 N–H and O–H groups in total. The quantitative estimate of drug-likeness (QED) is 0.555. The highest BCUT2D eigenvalue weighted by Gasteiger charge is 2.43. The molecule has 120 valence electrons. The van der Waals surface area contributed by atoms with Gasteiger partial charge in [-0.1, -0.05) is 83.1 Å². The highest BCUT2D eigenvalue weighted by atomic mass is 35.5. The molecule has 0 amide bonds. The Hall–Kier alpha value is -1.62. The number of fused-ring (bicyclic) bond motifs is 1. The molecule has 1 heterocycles. The SMILES string of the molecule is CSC1(c2cccc3ccccc23)ON=C(c2ccc(Cl)cc2)S1. The zero-order chi connectivity index (χ0) is 16.6. The lowest BCUT2D eigenvalue weighted by Crippen LogP contribution is -2.17. The third-order valence-electron chi connectivity index (χ3n) is 3.96. The second kappa shape index (κ2) is 6.36. The van der Waals surface area contributed by atoms with Gasteiger partial charge < -0.3 is 4.84 Å². The Labute approximate surface area is 154 Å². The number of oxime groups is 1. The van der Waals surface area contributed by atoms with Crippen molar-refractivity contribution in [2.45, 2.75) is 4.27 Å². The van der Waals surface area contributed by atoms with Crippen LogP contribution < -0.4 is 0 Å². The first-order valence-corrected chi connectivity index (χ1v) is 9.88. The Bertz CT molecular complexity index is 921. The molecule has 0 saturated heterocycles. The second-order valence-electron chi connectivity index (χ2n) is 5.38. The Morgan fingerprint density at radius 1 is 1.00 bits per heavy atom. The van der Waals surface area contributed by atoms with Crippen LogP contribution in [0.4, 0.5) is 0 Å². The predicted octanol–water partition coefficient (Wildman–Crippen LogP) is 6.09. The molecule has 0 spiro atoms. The minimum absolute atomic E-state index is 0.574. The summed E-state index contributed by atoms with van der Waals surface area (Å²) in [6.07, 6.45) is 2.05. The van der Waals surface area contributed by atoms with Gasteiger partial charge in [-0.3, -0.25) is 0 Å². The number of thioether (sulfide) groups is 2. The van der Waals surface area contributed by atoms with Crippen LogP contribution in [0.15, 0.2) is 71.9 Å². The van der Waals surface area contributed by atoms with E-state index in [1.54, 1.807) is 23.5 Å². The van der Waals surface area contributed by atoms with Crippen LogP contribution in [-0.2, 0) is 9.10 Å². The highest BCUT2D eigenvalue weighted by molar-refractivity contribution is 8.25. The lowest BCUT2D eigenvalue weighted by atomic mass is 10.1. The summed E-state index contributed by atoms with van der Waals surface area (Å²) in [6, 6.07) is 22.3. The molecular weight excluding hydrogens is 358 g/mol. The summed E-state index contributed by atoms with van der Waals surface area (Å²) in [6.45, 7) is 0. The van der Waals surface area contributed by atoms with Crippen LogP contribution in [0, 0.1) is 0 Å². The average Bonchev–Trinajstić information content (AvgIpc) is 3.07. The molecule has 0 fully saturated rings. The molecule has 3 aromatic carbocycles. The fraction of sp³-hybridized carbons (Fsp3) is 0.105. The second-order valence-corrected chi connectivity index (χ2v) is 8.23. The van der Waals surface area contributed by atoms with Gasteiger partial charge in [0.05, 0.1) is 0 Å². The summed E-state index contributed by atoms with van der Waals surface area (Å²) in [5.41, 5.74) is 2.14. The number of benzene rings is 3. The summed E-state index contributed by atoms with van der Waals surface area (Å²) >= 11 is 9.26. The standard InChI is InChI=1S/C19H14ClNOS2/c1-23-19(17-8-4-6-13-5-2-3-7-16(13)17)22-21-18(24-19)14-9-11-15(20)12-10-14/h2-12H,1H3. The topological polar surface area (TPSA) is 21.6 Å². The largest absolute Gasteiger partial charge is 0.360 e. The molecule has 2 nitrogen and oxygen atoms in total. The summed E-state index contributed by atoms with van der Waals surface area (Å²) in [5, 5.41) is 8.34. The van der Waals surface area contributed by atoms with E-state index >= 15 is 0 Å². The maximum Gasteiger partial charge on any atom is 0.260 e. The van der Waals surface area contributed by atoms with E-state index in [1.807, 2.05) is 24.3 Å². The number of hydrogen-bond donors (Lipinski definition) is 0. The molecule has 0 bridgehead atoms. The number of halogens is 1. The van der Waals surface area contributed by atoms with E-state index in [4.69, 9.17) is 16.4 Å². The van der Waals surface area contributed by atoms with E-state index in [1.165, 1.54) is 10.8 Å². The molecule has 4 rings (SSSR count). The Morgan fingerprint density at radius 3 is 2.54 bits per heavy atom. The van der Waals surface area contributed by atoms with Gasteiger partial charge in [-0.2, -0.15) is 0 Å². The minimum Gasteiger partial charge on any atom is -0.360 e. The smallest absolute Gasteiger partial charge is 0.260 e. The molecule has 0 radical (unpaired) electrons. The predicted molar refractivity (Wildman–Crippen MR) is 106 cm³/mol. The van der Waals surface area contributed by atoms with Crippen molar-refractivity contribution in [3.05, 3.63) is 82.9 Å². The Kier molecular flexibility index (Phi) is 4.21. The molecule has 1 unspecified atom stereocenters. The van der Waals surface area contributed by atoms with Crippen LogP contribution in [0.25, 0.3) is 10.8 Å². The van der Waals surface area contributed by atoms with E-state index in [0.29, 0.717) is 5.02 Å².